The van der Waals surface area contributed by atoms with Gasteiger partial charge in [-0.1, -0.05) is 58.0 Å². The van der Waals surface area contributed by atoms with Gasteiger partial charge in [-0.3, -0.25) is 24.0 Å². The Labute approximate surface area is 228 Å². The number of nitrogens with zero attached hydrogens (tertiary/aromatic N) is 2. The summed E-state index contributed by atoms with van der Waals surface area (Å²) in [5.74, 6) is -4.12. The molecule has 2 aromatic rings. The summed E-state index contributed by atoms with van der Waals surface area (Å²) in [6.45, 7) is 8.13. The number of ketones is 2. The molecule has 3 atom stereocenters. The molecule has 3 rings (SSSR count). The van der Waals surface area contributed by atoms with Gasteiger partial charge < -0.3 is 19.9 Å². The van der Waals surface area contributed by atoms with Crippen LogP contribution < -0.4 is 10.6 Å². The minimum absolute atomic E-state index is 0.112. The highest BCUT2D eigenvalue weighted by atomic mass is 16.5. The van der Waals surface area contributed by atoms with Crippen LogP contribution in [0.2, 0.25) is 0 Å². The van der Waals surface area contributed by atoms with Crippen LogP contribution in [0.4, 0.5) is 0 Å². The molecule has 2 amide bonds. The van der Waals surface area contributed by atoms with Gasteiger partial charge in [-0.15, -0.1) is 0 Å². The number of rotatable bonds is 11. The third kappa shape index (κ3) is 8.33. The molecule has 0 aliphatic carbocycles. The molecule has 1 aromatic carbocycles. The number of hydrogen-bond acceptors (Lipinski definition) is 7. The smallest absolute Gasteiger partial charge is 0.306 e. The van der Waals surface area contributed by atoms with Crippen molar-refractivity contribution in [3.05, 3.63) is 54.1 Å². The monoisotopic (exact) mass is 538 g/mol. The number of imidazole rings is 1. The van der Waals surface area contributed by atoms with Crippen molar-refractivity contribution in [2.24, 2.45) is 23.7 Å². The van der Waals surface area contributed by atoms with Crippen LogP contribution in [0.25, 0.3) is 0 Å². The first-order valence-corrected chi connectivity index (χ1v) is 13.4. The maximum atomic E-state index is 13.4. The summed E-state index contributed by atoms with van der Waals surface area (Å²) in [6, 6.07) is 8.37. The summed E-state index contributed by atoms with van der Waals surface area (Å²) in [7, 11) is 0. The van der Waals surface area contributed by atoms with Crippen LogP contribution in [0.5, 0.6) is 0 Å². The van der Waals surface area contributed by atoms with E-state index in [4.69, 9.17) is 4.74 Å². The van der Waals surface area contributed by atoms with E-state index in [2.05, 4.69) is 15.6 Å². The molecule has 0 radical (unpaired) electrons. The minimum atomic E-state index is -0.899. The van der Waals surface area contributed by atoms with Crippen LogP contribution in [0, 0.1) is 23.7 Å². The average molecular weight is 539 g/mol. The molecule has 1 aliphatic heterocycles. The molecule has 210 valence electrons. The number of benzene rings is 1. The molecular formula is C29H38N4O6. The molecule has 0 saturated heterocycles. The Morgan fingerprint density at radius 2 is 1.82 bits per heavy atom. The van der Waals surface area contributed by atoms with Gasteiger partial charge >= 0.3 is 5.97 Å². The predicted octanol–water partition coefficient (Wildman–Crippen LogP) is 2.25. The van der Waals surface area contributed by atoms with Crippen LogP contribution in [0.1, 0.15) is 51.9 Å². The van der Waals surface area contributed by atoms with Crippen molar-refractivity contribution in [2.45, 2.75) is 66.2 Å². The van der Waals surface area contributed by atoms with Crippen molar-refractivity contribution >= 4 is 29.4 Å². The number of hydrogen-bond donors (Lipinski definition) is 2. The number of carbonyl (C=O) groups excluding carboxylic acids is 5. The van der Waals surface area contributed by atoms with Crippen LogP contribution in [0.15, 0.2) is 42.7 Å². The Morgan fingerprint density at radius 1 is 1.10 bits per heavy atom. The molecule has 2 N–H and O–H groups in total. The van der Waals surface area contributed by atoms with Gasteiger partial charge in [0.15, 0.2) is 5.78 Å². The highest BCUT2D eigenvalue weighted by Crippen LogP contribution is 2.21. The average Bonchev–Trinajstić information content (AvgIpc) is 3.35. The lowest BCUT2D eigenvalue weighted by molar-refractivity contribution is -0.149. The van der Waals surface area contributed by atoms with Crippen molar-refractivity contribution in [1.29, 1.82) is 0 Å². The SMILES string of the molecule is CC(C)C(CC(=O)OCc1ccccc1)C(=O)NC(C(=O)CC1Cc2nccn2CCNC(=O)C1=O)C(C)C. The Bertz CT molecular complexity index is 1170. The Kier molecular flexibility index (Phi) is 10.5. The zero-order valence-corrected chi connectivity index (χ0v) is 23.0. The highest BCUT2D eigenvalue weighted by molar-refractivity contribution is 6.37. The number of Topliss-reactive ketones (excluding diaryl/α,β-unsaturated/α-hetero) is 2. The molecule has 3 unspecified atom stereocenters. The van der Waals surface area contributed by atoms with E-state index in [1.807, 2.05) is 48.7 Å². The molecule has 0 fully saturated rings. The summed E-state index contributed by atoms with van der Waals surface area (Å²) in [5.41, 5.74) is 0.845. The number of amides is 2. The lowest BCUT2D eigenvalue weighted by atomic mass is 9.86. The van der Waals surface area contributed by atoms with Crippen LogP contribution in [-0.4, -0.2) is 51.5 Å². The van der Waals surface area contributed by atoms with E-state index in [1.54, 1.807) is 26.2 Å². The standard InChI is InChI=1S/C29H38N4O6/c1-18(2)22(16-25(35)39-17-20-8-6-5-7-9-20)28(37)32-26(19(3)4)23(34)14-21-15-24-30-10-12-33(24)13-11-31-29(38)27(21)36/h5-10,12,18-19,21-22,26H,11,13-17H2,1-4H3,(H,31,38)(H,32,37). The summed E-state index contributed by atoms with van der Waals surface area (Å²) in [6.07, 6.45) is 3.19. The molecule has 39 heavy (non-hydrogen) atoms. The second-order valence-electron chi connectivity index (χ2n) is 10.7. The summed E-state index contributed by atoms with van der Waals surface area (Å²) < 4.78 is 7.22. The molecule has 1 aromatic heterocycles. The van der Waals surface area contributed by atoms with Gasteiger partial charge in [-0.2, -0.15) is 0 Å². The van der Waals surface area contributed by atoms with Gasteiger partial charge in [0.25, 0.3) is 5.91 Å². The van der Waals surface area contributed by atoms with E-state index >= 15 is 0 Å². The van der Waals surface area contributed by atoms with E-state index in [9.17, 15) is 24.0 Å². The van der Waals surface area contributed by atoms with Gasteiger partial charge in [0, 0.05) is 44.2 Å². The summed E-state index contributed by atoms with van der Waals surface area (Å²) >= 11 is 0. The molecular weight excluding hydrogens is 500 g/mol. The molecule has 1 aliphatic rings. The molecule has 10 heteroatoms. The fraction of sp³-hybridized carbons (Fsp3) is 0.517. The van der Waals surface area contributed by atoms with Crippen molar-refractivity contribution in [1.82, 2.24) is 20.2 Å². The third-order valence-corrected chi connectivity index (χ3v) is 6.99. The third-order valence-electron chi connectivity index (χ3n) is 6.99. The lowest BCUT2D eigenvalue weighted by Crippen LogP contribution is -2.49. The quantitative estimate of drug-likeness (QED) is 0.331. The largest absolute Gasteiger partial charge is 0.461 e. The van der Waals surface area contributed by atoms with E-state index in [-0.39, 0.29) is 50.0 Å². The van der Waals surface area contributed by atoms with E-state index in [0.29, 0.717) is 12.4 Å². The van der Waals surface area contributed by atoms with Gasteiger partial charge in [-0.25, -0.2) is 4.98 Å². The number of ether oxygens (including phenoxy) is 1. The van der Waals surface area contributed by atoms with Crippen LogP contribution >= 0.6 is 0 Å². The zero-order chi connectivity index (χ0) is 28.5. The first-order chi connectivity index (χ1) is 18.6. The number of nitrogens with one attached hydrogen (secondary N) is 2. The van der Waals surface area contributed by atoms with Crippen molar-refractivity contribution in [3.63, 3.8) is 0 Å². The molecule has 2 heterocycles. The van der Waals surface area contributed by atoms with E-state index in [0.717, 1.165) is 5.56 Å². The maximum absolute atomic E-state index is 13.4. The molecule has 0 saturated carbocycles. The lowest BCUT2D eigenvalue weighted by Gasteiger charge is -2.27. The molecule has 10 nitrogen and oxygen atoms in total. The van der Waals surface area contributed by atoms with Gasteiger partial charge in [-0.05, 0) is 17.4 Å². The summed E-state index contributed by atoms with van der Waals surface area (Å²) in [5, 5.41) is 5.41. The normalized spacial score (nSPS) is 17.3. The second kappa shape index (κ2) is 13.8. The van der Waals surface area contributed by atoms with E-state index < -0.39 is 41.4 Å². The van der Waals surface area contributed by atoms with Gasteiger partial charge in [0.2, 0.25) is 11.7 Å². The number of fused-ring (bicyclic) bond motifs is 1. The second-order valence-corrected chi connectivity index (χ2v) is 10.7. The number of aromatic nitrogens is 2. The topological polar surface area (TPSA) is 136 Å². The van der Waals surface area contributed by atoms with Gasteiger partial charge in [0.05, 0.1) is 18.4 Å². The van der Waals surface area contributed by atoms with Crippen LogP contribution in [-0.2, 0) is 48.3 Å². The first kappa shape index (κ1) is 29.7. The molecule has 0 bridgehead atoms. The maximum Gasteiger partial charge on any atom is 0.306 e. The highest BCUT2D eigenvalue weighted by Gasteiger charge is 2.35. The zero-order valence-electron chi connectivity index (χ0n) is 23.0. The van der Waals surface area contributed by atoms with Crippen molar-refractivity contribution in [3.8, 4) is 0 Å². The number of carbonyl (C=O) groups is 5. The minimum Gasteiger partial charge on any atom is -0.461 e. The number of esters is 1. The fourth-order valence-corrected chi connectivity index (χ4v) is 4.63. The van der Waals surface area contributed by atoms with E-state index in [1.165, 1.54) is 0 Å². The fourth-order valence-electron chi connectivity index (χ4n) is 4.63. The molecule has 0 spiro atoms. The predicted molar refractivity (Wildman–Crippen MR) is 143 cm³/mol. The van der Waals surface area contributed by atoms with Crippen LogP contribution in [0.3, 0.4) is 0 Å². The Hall–Kier alpha value is -3.82. The van der Waals surface area contributed by atoms with Crippen molar-refractivity contribution in [2.75, 3.05) is 6.54 Å². The Balaban J connectivity index is 1.67. The van der Waals surface area contributed by atoms with Gasteiger partial charge in [0.1, 0.15) is 12.4 Å². The first-order valence-electron chi connectivity index (χ1n) is 13.4. The van der Waals surface area contributed by atoms with Crippen molar-refractivity contribution < 1.29 is 28.7 Å². The summed E-state index contributed by atoms with van der Waals surface area (Å²) in [4.78, 5) is 68.8. The Morgan fingerprint density at radius 3 is 2.49 bits per heavy atom.